The van der Waals surface area contributed by atoms with E-state index in [1.54, 1.807) is 0 Å². The Bertz CT molecular complexity index is 910. The van der Waals surface area contributed by atoms with Crippen LogP contribution in [0.2, 0.25) is 0 Å². The maximum atomic E-state index is 12.4. The Morgan fingerprint density at radius 2 is 0.929 bits per heavy atom. The summed E-state index contributed by atoms with van der Waals surface area (Å²) < 4.78 is 11.8. The lowest BCUT2D eigenvalue weighted by Gasteiger charge is -2.09. The average Bonchev–Trinajstić information content (AvgIpc) is 2.73. The van der Waals surface area contributed by atoms with Gasteiger partial charge in [-0.2, -0.15) is 0 Å². The Balaban J connectivity index is 1.54. The van der Waals surface area contributed by atoms with Gasteiger partial charge in [0.2, 0.25) is 0 Å². The van der Waals surface area contributed by atoms with Gasteiger partial charge in [0.25, 0.3) is 0 Å². The first kappa shape index (κ1) is 18.3. The second-order valence-corrected chi connectivity index (χ2v) is 7.18. The van der Waals surface area contributed by atoms with Gasteiger partial charge in [-0.15, -0.1) is 0 Å². The summed E-state index contributed by atoms with van der Waals surface area (Å²) in [4.78, 5) is 12.4. The van der Waals surface area contributed by atoms with E-state index in [-0.39, 0.29) is 5.78 Å². The van der Waals surface area contributed by atoms with Gasteiger partial charge in [-0.25, -0.2) is 0 Å². The minimum absolute atomic E-state index is 0.203. The molecule has 0 aliphatic carbocycles. The summed E-state index contributed by atoms with van der Waals surface area (Å²) >= 11 is 0. The van der Waals surface area contributed by atoms with Crippen molar-refractivity contribution in [2.24, 2.45) is 0 Å². The first-order valence-corrected chi connectivity index (χ1v) is 9.94. The van der Waals surface area contributed by atoms with Crippen molar-refractivity contribution < 1.29 is 14.3 Å². The summed E-state index contributed by atoms with van der Waals surface area (Å²) in [5.41, 5.74) is 2.07. The standard InChI is InChI=1S/C25H24O3/c26-25-6-4-2-1-3-5-19-7-11-21(12-8-19)27-23-15-17-24(18-16-23)28-22-13-9-20(25)10-14-22/h7-18H,1-6H2. The van der Waals surface area contributed by atoms with Crippen LogP contribution in [0.3, 0.4) is 0 Å². The predicted octanol–water partition coefficient (Wildman–Crippen LogP) is 6.96. The molecular weight excluding hydrogens is 348 g/mol. The van der Waals surface area contributed by atoms with Crippen LogP contribution in [0.25, 0.3) is 0 Å². The van der Waals surface area contributed by atoms with E-state index < -0.39 is 0 Å². The van der Waals surface area contributed by atoms with Crippen LogP contribution in [-0.4, -0.2) is 5.78 Å². The van der Waals surface area contributed by atoms with Crippen LogP contribution in [-0.2, 0) is 6.42 Å². The number of rotatable bonds is 0. The highest BCUT2D eigenvalue weighted by molar-refractivity contribution is 5.96. The van der Waals surface area contributed by atoms with E-state index in [1.165, 1.54) is 5.56 Å². The first-order valence-electron chi connectivity index (χ1n) is 9.94. The molecule has 0 spiro atoms. The highest BCUT2D eigenvalue weighted by Crippen LogP contribution is 2.27. The Morgan fingerprint density at radius 1 is 0.500 bits per heavy atom. The molecule has 0 fully saturated rings. The number of carbonyl (C=O) groups is 1. The smallest absolute Gasteiger partial charge is 0.162 e. The van der Waals surface area contributed by atoms with Crippen LogP contribution >= 0.6 is 0 Å². The minimum atomic E-state index is 0.203. The lowest BCUT2D eigenvalue weighted by molar-refractivity contribution is 0.0979. The molecule has 0 aromatic heterocycles. The largest absolute Gasteiger partial charge is 0.457 e. The predicted molar refractivity (Wildman–Crippen MR) is 111 cm³/mol. The van der Waals surface area contributed by atoms with Gasteiger partial charge in [0, 0.05) is 12.0 Å². The van der Waals surface area contributed by atoms with Crippen molar-refractivity contribution in [3.8, 4) is 23.0 Å². The zero-order chi connectivity index (χ0) is 19.2. The molecule has 3 aromatic rings. The molecular formula is C25H24O3. The van der Waals surface area contributed by atoms with E-state index in [0.29, 0.717) is 12.2 Å². The van der Waals surface area contributed by atoms with Gasteiger partial charge in [-0.05, 0) is 85.5 Å². The Morgan fingerprint density at radius 3 is 1.46 bits per heavy atom. The van der Waals surface area contributed by atoms with Crippen LogP contribution < -0.4 is 9.47 Å². The number of hydrogen-bond donors (Lipinski definition) is 0. The normalized spacial score (nSPS) is 14.9. The van der Waals surface area contributed by atoms with Crippen molar-refractivity contribution in [1.29, 1.82) is 0 Å². The summed E-state index contributed by atoms with van der Waals surface area (Å²) in [6.07, 6.45) is 5.97. The topological polar surface area (TPSA) is 35.5 Å². The lowest BCUT2D eigenvalue weighted by Crippen LogP contribution is -1.99. The van der Waals surface area contributed by atoms with E-state index in [9.17, 15) is 4.79 Å². The Hall–Kier alpha value is -3.07. The van der Waals surface area contributed by atoms with Gasteiger partial charge in [0.05, 0.1) is 0 Å². The maximum Gasteiger partial charge on any atom is 0.162 e. The van der Waals surface area contributed by atoms with E-state index in [1.807, 2.05) is 60.7 Å². The van der Waals surface area contributed by atoms with Crippen molar-refractivity contribution in [3.05, 3.63) is 83.9 Å². The fourth-order valence-corrected chi connectivity index (χ4v) is 3.39. The number of hydrogen-bond acceptors (Lipinski definition) is 3. The zero-order valence-electron chi connectivity index (χ0n) is 15.9. The minimum Gasteiger partial charge on any atom is -0.457 e. The molecule has 5 aliphatic rings. The quantitative estimate of drug-likeness (QED) is 0.428. The molecule has 0 saturated carbocycles. The lowest BCUT2D eigenvalue weighted by atomic mass is 10.0. The first-order chi connectivity index (χ1) is 13.8. The molecule has 3 aromatic carbocycles. The summed E-state index contributed by atoms with van der Waals surface area (Å²) in [6, 6.07) is 23.2. The molecule has 5 aliphatic heterocycles. The number of ketones is 1. The van der Waals surface area contributed by atoms with Gasteiger partial charge in [0.1, 0.15) is 23.0 Å². The van der Waals surface area contributed by atoms with E-state index in [2.05, 4.69) is 12.1 Å². The summed E-state index contributed by atoms with van der Waals surface area (Å²) in [5, 5.41) is 0. The highest BCUT2D eigenvalue weighted by Gasteiger charge is 2.07. The SMILES string of the molecule is O=C1CCCCCCc2ccc(cc2)Oc2ccc(cc2)Oc2ccc1cc2. The van der Waals surface area contributed by atoms with Crippen molar-refractivity contribution in [2.75, 3.05) is 0 Å². The van der Waals surface area contributed by atoms with Gasteiger partial charge < -0.3 is 9.47 Å². The Kier molecular flexibility index (Phi) is 5.72. The van der Waals surface area contributed by atoms with Gasteiger partial charge in [-0.3, -0.25) is 4.79 Å². The number of benzene rings is 3. The molecule has 0 atom stereocenters. The van der Waals surface area contributed by atoms with Crippen LogP contribution in [0.5, 0.6) is 23.0 Å². The van der Waals surface area contributed by atoms with Crippen LogP contribution in [0, 0.1) is 0 Å². The molecule has 5 heterocycles. The summed E-state index contributed by atoms with van der Waals surface area (Å²) in [7, 11) is 0. The van der Waals surface area contributed by atoms with Gasteiger partial charge in [-0.1, -0.05) is 25.0 Å². The van der Waals surface area contributed by atoms with Crippen molar-refractivity contribution in [3.63, 3.8) is 0 Å². The number of carbonyl (C=O) groups excluding carboxylic acids is 1. The molecule has 0 radical (unpaired) electrons. The van der Waals surface area contributed by atoms with E-state index >= 15 is 0 Å². The third-order valence-electron chi connectivity index (χ3n) is 5.01. The second kappa shape index (κ2) is 8.75. The van der Waals surface area contributed by atoms with Gasteiger partial charge in [0.15, 0.2) is 5.78 Å². The third kappa shape index (κ3) is 4.80. The fourth-order valence-electron chi connectivity index (χ4n) is 3.39. The fraction of sp³-hybridized carbons (Fsp3) is 0.240. The number of fused-ring (bicyclic) bond motifs is 1. The van der Waals surface area contributed by atoms with Crippen molar-refractivity contribution in [1.82, 2.24) is 0 Å². The molecule has 0 amide bonds. The third-order valence-corrected chi connectivity index (χ3v) is 5.01. The van der Waals surface area contributed by atoms with E-state index in [4.69, 9.17) is 9.47 Å². The molecule has 0 N–H and O–H groups in total. The molecule has 0 saturated heterocycles. The van der Waals surface area contributed by atoms with Gasteiger partial charge >= 0.3 is 0 Å². The number of aryl methyl sites for hydroxylation is 1. The molecule has 8 rings (SSSR count). The molecule has 6 bridgehead atoms. The Labute approximate surface area is 165 Å². The number of Topliss-reactive ketones (excluding diaryl/α,β-unsaturated/α-hetero) is 1. The second-order valence-electron chi connectivity index (χ2n) is 7.18. The zero-order valence-corrected chi connectivity index (χ0v) is 15.9. The van der Waals surface area contributed by atoms with Crippen LogP contribution in [0.15, 0.2) is 72.8 Å². The molecule has 142 valence electrons. The van der Waals surface area contributed by atoms with E-state index in [0.717, 1.165) is 54.9 Å². The highest BCUT2D eigenvalue weighted by atomic mass is 16.5. The van der Waals surface area contributed by atoms with Crippen molar-refractivity contribution >= 4 is 5.78 Å². The molecule has 28 heavy (non-hydrogen) atoms. The monoisotopic (exact) mass is 372 g/mol. The molecule has 3 heteroatoms. The summed E-state index contributed by atoms with van der Waals surface area (Å²) in [6.45, 7) is 0. The molecule has 0 unspecified atom stereocenters. The summed E-state index contributed by atoms with van der Waals surface area (Å²) in [5.74, 6) is 3.25. The number of ether oxygens (including phenoxy) is 2. The molecule has 3 nitrogen and oxygen atoms in total. The average molecular weight is 372 g/mol. The van der Waals surface area contributed by atoms with Crippen molar-refractivity contribution in [2.45, 2.75) is 38.5 Å². The van der Waals surface area contributed by atoms with Crippen LogP contribution in [0.4, 0.5) is 0 Å². The maximum absolute atomic E-state index is 12.4. The van der Waals surface area contributed by atoms with Crippen LogP contribution in [0.1, 0.15) is 48.0 Å².